The van der Waals surface area contributed by atoms with Crippen molar-refractivity contribution < 1.29 is 0 Å². The van der Waals surface area contributed by atoms with Gasteiger partial charge in [-0.3, -0.25) is 0 Å². The van der Waals surface area contributed by atoms with Crippen molar-refractivity contribution in [3.05, 3.63) is 82.4 Å². The molecule has 0 aliphatic heterocycles. The van der Waals surface area contributed by atoms with E-state index >= 15 is 0 Å². The molecule has 140 valence electrons. The Morgan fingerprint density at radius 1 is 0.778 bits per heavy atom. The van der Waals surface area contributed by atoms with E-state index in [2.05, 4.69) is 88.9 Å². The molecule has 27 heavy (non-hydrogen) atoms. The Bertz CT molecular complexity index is 970. The van der Waals surface area contributed by atoms with Gasteiger partial charge in [-0.25, -0.2) is 0 Å². The van der Waals surface area contributed by atoms with Crippen molar-refractivity contribution in [2.45, 2.75) is 40.4 Å². The van der Waals surface area contributed by atoms with Gasteiger partial charge in [-0.2, -0.15) is 0 Å². The van der Waals surface area contributed by atoms with Gasteiger partial charge in [0.25, 0.3) is 0 Å². The zero-order valence-corrected chi connectivity index (χ0v) is 20.1. The van der Waals surface area contributed by atoms with Crippen molar-refractivity contribution in [3.63, 3.8) is 0 Å². The summed E-state index contributed by atoms with van der Waals surface area (Å²) in [6.07, 6.45) is 0. The second-order valence-electron chi connectivity index (χ2n) is 8.63. The van der Waals surface area contributed by atoms with E-state index in [0.29, 0.717) is 0 Å². The van der Waals surface area contributed by atoms with E-state index in [4.69, 9.17) is 11.6 Å². The van der Waals surface area contributed by atoms with Crippen LogP contribution >= 0.6 is 11.6 Å². The van der Waals surface area contributed by atoms with Crippen molar-refractivity contribution in [1.29, 1.82) is 0 Å². The third kappa shape index (κ3) is 4.29. The second kappa shape index (κ2) is 7.79. The average Bonchev–Trinajstić information content (AvgIpc) is 2.59. The van der Waals surface area contributed by atoms with Crippen molar-refractivity contribution in [3.8, 4) is 0 Å². The molecule has 3 aromatic carbocycles. The van der Waals surface area contributed by atoms with Crippen LogP contribution in [0.5, 0.6) is 0 Å². The summed E-state index contributed by atoms with van der Waals surface area (Å²) >= 11 is 6.72. The summed E-state index contributed by atoms with van der Waals surface area (Å²) in [7, 11) is -3.05. The van der Waals surface area contributed by atoms with Gasteiger partial charge in [0.2, 0.25) is 0 Å². The van der Waals surface area contributed by atoms with Gasteiger partial charge in [-0.1, -0.05) is 102 Å². The fraction of sp³-hybridized carbons (Fsp3) is 0.250. The topological polar surface area (TPSA) is 0 Å². The standard InChI is InChI=1S/C24H29ClSi2/c1-17-14-20(16-21(15-17)27(4,5)6)26(24-12-8-7-11-22(24)25)23-13-9-10-18(2)19(23)3/h7-16,26H,1-6H3. The van der Waals surface area contributed by atoms with E-state index in [1.807, 2.05) is 12.1 Å². The first-order valence-corrected chi connectivity index (χ1v) is 15.2. The van der Waals surface area contributed by atoms with E-state index in [-0.39, 0.29) is 0 Å². The summed E-state index contributed by atoms with van der Waals surface area (Å²) in [5.74, 6) is 0. The Morgan fingerprint density at radius 3 is 2.11 bits per heavy atom. The molecule has 0 aliphatic rings. The van der Waals surface area contributed by atoms with Crippen LogP contribution in [0.4, 0.5) is 0 Å². The van der Waals surface area contributed by atoms with Gasteiger partial charge < -0.3 is 0 Å². The molecule has 1 atom stereocenters. The Hall–Kier alpha value is -1.62. The van der Waals surface area contributed by atoms with Crippen LogP contribution in [-0.2, 0) is 0 Å². The molecule has 3 heteroatoms. The molecule has 0 saturated heterocycles. The van der Waals surface area contributed by atoms with Crippen LogP contribution in [0.25, 0.3) is 0 Å². The number of hydrogen-bond acceptors (Lipinski definition) is 0. The van der Waals surface area contributed by atoms with Gasteiger partial charge in [0, 0.05) is 5.02 Å². The summed E-state index contributed by atoms with van der Waals surface area (Å²) in [5.41, 5.74) is 4.13. The largest absolute Gasteiger partial charge is 0.135 e. The molecule has 0 heterocycles. The molecule has 0 aliphatic carbocycles. The van der Waals surface area contributed by atoms with Gasteiger partial charge in [0.1, 0.15) is 8.80 Å². The minimum atomic E-state index is -1.65. The van der Waals surface area contributed by atoms with Crippen molar-refractivity contribution in [2.24, 2.45) is 0 Å². The highest BCUT2D eigenvalue weighted by molar-refractivity contribution is 6.97. The van der Waals surface area contributed by atoms with Gasteiger partial charge in [-0.15, -0.1) is 0 Å². The molecule has 1 unspecified atom stereocenters. The third-order valence-corrected chi connectivity index (χ3v) is 11.4. The number of hydrogen-bond donors (Lipinski definition) is 0. The summed E-state index contributed by atoms with van der Waals surface area (Å²) in [4.78, 5) is 0. The first-order chi connectivity index (χ1) is 12.7. The first-order valence-electron chi connectivity index (χ1n) is 9.61. The smallest absolute Gasteiger partial charge is 0.0845 e. The number of halogens is 1. The van der Waals surface area contributed by atoms with E-state index < -0.39 is 16.9 Å². The molecular formula is C24H29ClSi2. The fourth-order valence-electron chi connectivity index (χ4n) is 3.73. The monoisotopic (exact) mass is 408 g/mol. The quantitative estimate of drug-likeness (QED) is 0.451. The first kappa shape index (κ1) is 20.1. The molecule has 0 saturated carbocycles. The summed E-state index contributed by atoms with van der Waals surface area (Å²) in [6.45, 7) is 14.0. The van der Waals surface area contributed by atoms with Crippen LogP contribution in [0.15, 0.2) is 60.7 Å². The zero-order chi connectivity index (χ0) is 19.8. The van der Waals surface area contributed by atoms with Gasteiger partial charge in [-0.05, 0) is 48.3 Å². The van der Waals surface area contributed by atoms with Crippen LogP contribution in [0.3, 0.4) is 0 Å². The number of rotatable bonds is 4. The lowest BCUT2D eigenvalue weighted by molar-refractivity contribution is 1.36. The molecule has 0 N–H and O–H groups in total. The molecule has 0 bridgehead atoms. The molecule has 0 nitrogen and oxygen atoms in total. The van der Waals surface area contributed by atoms with E-state index in [0.717, 1.165) is 5.02 Å². The lowest BCUT2D eigenvalue weighted by Gasteiger charge is -2.25. The lowest BCUT2D eigenvalue weighted by Crippen LogP contribution is -2.55. The van der Waals surface area contributed by atoms with Gasteiger partial charge in [0.05, 0.1) is 8.07 Å². The highest BCUT2D eigenvalue weighted by atomic mass is 35.5. The molecule has 0 spiro atoms. The van der Waals surface area contributed by atoms with Gasteiger partial charge >= 0.3 is 0 Å². The average molecular weight is 409 g/mol. The Morgan fingerprint density at radius 2 is 1.44 bits per heavy atom. The minimum absolute atomic E-state index is 0.895. The molecule has 0 fully saturated rings. The van der Waals surface area contributed by atoms with Gasteiger partial charge in [0.15, 0.2) is 0 Å². The van der Waals surface area contributed by atoms with Crippen molar-refractivity contribution >= 4 is 49.2 Å². The SMILES string of the molecule is Cc1cc([SiH](c2ccccc2Cl)c2cccc(C)c2C)cc([Si](C)(C)C)c1. The molecule has 3 aromatic rings. The Labute approximate surface area is 171 Å². The molecular weight excluding hydrogens is 380 g/mol. The van der Waals surface area contributed by atoms with E-state index in [1.165, 1.54) is 37.4 Å². The maximum absolute atomic E-state index is 6.72. The Kier molecular flexibility index (Phi) is 5.80. The van der Waals surface area contributed by atoms with Crippen LogP contribution < -0.4 is 20.7 Å². The highest BCUT2D eigenvalue weighted by Crippen LogP contribution is 2.11. The van der Waals surface area contributed by atoms with Crippen molar-refractivity contribution in [1.82, 2.24) is 0 Å². The van der Waals surface area contributed by atoms with E-state index in [1.54, 1.807) is 0 Å². The minimum Gasteiger partial charge on any atom is -0.0845 e. The lowest BCUT2D eigenvalue weighted by atomic mass is 10.1. The third-order valence-electron chi connectivity index (χ3n) is 5.47. The predicted molar refractivity (Wildman–Crippen MR) is 128 cm³/mol. The van der Waals surface area contributed by atoms with Crippen LogP contribution in [-0.4, -0.2) is 16.9 Å². The van der Waals surface area contributed by atoms with Crippen LogP contribution in [0.1, 0.15) is 16.7 Å². The normalized spacial score (nSPS) is 12.9. The van der Waals surface area contributed by atoms with Crippen molar-refractivity contribution in [2.75, 3.05) is 0 Å². The zero-order valence-electron chi connectivity index (χ0n) is 17.2. The Balaban J connectivity index is 2.31. The molecule has 0 amide bonds. The fourth-order valence-corrected chi connectivity index (χ4v) is 9.09. The molecule has 0 radical (unpaired) electrons. The van der Waals surface area contributed by atoms with Crippen LogP contribution in [0, 0.1) is 20.8 Å². The predicted octanol–water partition coefficient (Wildman–Crippen LogP) is 4.06. The van der Waals surface area contributed by atoms with Crippen LogP contribution in [0.2, 0.25) is 24.7 Å². The highest BCUT2D eigenvalue weighted by Gasteiger charge is 2.26. The summed E-state index contributed by atoms with van der Waals surface area (Å²) in [6, 6.07) is 22.4. The number of aryl methyl sites for hydroxylation is 2. The summed E-state index contributed by atoms with van der Waals surface area (Å²) < 4.78 is 0. The maximum Gasteiger partial charge on any atom is 0.135 e. The number of benzene rings is 3. The summed E-state index contributed by atoms with van der Waals surface area (Å²) in [5, 5.41) is 6.71. The molecule has 3 rings (SSSR count). The van der Waals surface area contributed by atoms with E-state index in [9.17, 15) is 0 Å². The maximum atomic E-state index is 6.72. The second-order valence-corrected chi connectivity index (χ2v) is 16.9. The molecule has 0 aromatic heterocycles.